The summed E-state index contributed by atoms with van der Waals surface area (Å²) in [5, 5.41) is 2.91. The Balaban J connectivity index is 1.38. The first-order valence-corrected chi connectivity index (χ1v) is 10.3. The van der Waals surface area contributed by atoms with Crippen LogP contribution in [-0.4, -0.2) is 59.8 Å². The third-order valence-corrected chi connectivity index (χ3v) is 5.51. The van der Waals surface area contributed by atoms with E-state index in [2.05, 4.69) is 15.2 Å². The van der Waals surface area contributed by atoms with E-state index in [0.717, 1.165) is 37.2 Å². The van der Waals surface area contributed by atoms with E-state index in [1.54, 1.807) is 11.1 Å². The fraction of sp³-hybridized carbons (Fsp3) is 0.435. The lowest BCUT2D eigenvalue weighted by Crippen LogP contribution is -2.43. The van der Waals surface area contributed by atoms with Crippen LogP contribution in [0.3, 0.4) is 0 Å². The summed E-state index contributed by atoms with van der Waals surface area (Å²) >= 11 is 0. The van der Waals surface area contributed by atoms with Crippen molar-refractivity contribution >= 4 is 11.8 Å². The first-order chi connectivity index (χ1) is 14.4. The van der Waals surface area contributed by atoms with Gasteiger partial charge in [0.25, 0.3) is 0 Å². The van der Waals surface area contributed by atoms with Crippen molar-refractivity contribution in [3.63, 3.8) is 0 Å². The number of nitrogens with one attached hydrogen (secondary N) is 1. The van der Waals surface area contributed by atoms with E-state index >= 15 is 0 Å². The van der Waals surface area contributed by atoms with Crippen LogP contribution in [0.15, 0.2) is 42.6 Å². The number of hydrogen-bond acceptors (Lipinski definition) is 4. The maximum atomic E-state index is 13.0. The van der Waals surface area contributed by atoms with Gasteiger partial charge in [-0.25, -0.2) is 9.18 Å². The molecule has 1 aliphatic heterocycles. The fourth-order valence-corrected chi connectivity index (χ4v) is 3.63. The van der Waals surface area contributed by atoms with Gasteiger partial charge in [-0.15, -0.1) is 0 Å². The summed E-state index contributed by atoms with van der Waals surface area (Å²) in [4.78, 5) is 32.9. The number of nitrogens with zero attached hydrogens (tertiary/aromatic N) is 3. The van der Waals surface area contributed by atoms with Crippen molar-refractivity contribution in [2.75, 3.05) is 33.2 Å². The van der Waals surface area contributed by atoms with Crippen LogP contribution < -0.4 is 5.32 Å². The molecule has 2 aromatic rings. The van der Waals surface area contributed by atoms with E-state index in [0.29, 0.717) is 31.1 Å². The summed E-state index contributed by atoms with van der Waals surface area (Å²) in [6.07, 6.45) is 3.67. The topological polar surface area (TPSA) is 65.5 Å². The number of piperidine rings is 1. The van der Waals surface area contributed by atoms with Gasteiger partial charge in [-0.05, 0) is 74.7 Å². The first-order valence-electron chi connectivity index (χ1n) is 10.3. The molecular formula is C23H29FN4O2. The molecule has 2 heterocycles. The molecule has 30 heavy (non-hydrogen) atoms. The van der Waals surface area contributed by atoms with Crippen molar-refractivity contribution < 1.29 is 14.0 Å². The molecule has 0 bridgehead atoms. The zero-order valence-electron chi connectivity index (χ0n) is 17.6. The molecule has 7 heteroatoms. The Morgan fingerprint density at radius 1 is 1.17 bits per heavy atom. The van der Waals surface area contributed by atoms with Gasteiger partial charge in [0.1, 0.15) is 5.82 Å². The maximum Gasteiger partial charge on any atom is 0.317 e. The molecule has 0 aliphatic carbocycles. The van der Waals surface area contributed by atoms with E-state index in [4.69, 9.17) is 0 Å². The van der Waals surface area contributed by atoms with Gasteiger partial charge < -0.3 is 10.2 Å². The smallest absolute Gasteiger partial charge is 0.317 e. The number of halogens is 1. The quantitative estimate of drug-likeness (QED) is 0.709. The average Bonchev–Trinajstić information content (AvgIpc) is 2.75. The molecule has 1 N–H and O–H groups in total. The largest absolute Gasteiger partial charge is 0.332 e. The number of amides is 2. The molecular weight excluding hydrogens is 383 g/mol. The Bertz CT molecular complexity index is 847. The summed E-state index contributed by atoms with van der Waals surface area (Å²) < 4.78 is 13.0. The second-order valence-corrected chi connectivity index (χ2v) is 8.02. The number of rotatable bonds is 7. The first kappa shape index (κ1) is 21.9. The summed E-state index contributed by atoms with van der Waals surface area (Å²) in [6.45, 7) is 5.06. The fourth-order valence-electron chi connectivity index (χ4n) is 3.63. The molecule has 0 unspecified atom stereocenters. The molecule has 0 atom stereocenters. The summed E-state index contributed by atoms with van der Waals surface area (Å²) in [5.74, 6) is 0.0840. The number of aryl methyl sites for hydroxylation is 1. The molecule has 0 spiro atoms. The third-order valence-electron chi connectivity index (χ3n) is 5.51. The number of hydrogen-bond donors (Lipinski definition) is 1. The van der Waals surface area contributed by atoms with E-state index in [1.165, 1.54) is 24.3 Å². The van der Waals surface area contributed by atoms with Crippen LogP contribution in [0.4, 0.5) is 9.18 Å². The van der Waals surface area contributed by atoms with Crippen LogP contribution >= 0.6 is 0 Å². The molecule has 160 valence electrons. The third kappa shape index (κ3) is 6.35. The lowest BCUT2D eigenvalue weighted by molar-refractivity contribution is 0.0886. The minimum absolute atomic E-state index is 0.00895. The zero-order valence-corrected chi connectivity index (χ0v) is 17.6. The highest BCUT2D eigenvalue weighted by atomic mass is 19.1. The normalized spacial score (nSPS) is 15.0. The molecule has 0 radical (unpaired) electrons. The van der Waals surface area contributed by atoms with Gasteiger partial charge in [-0.1, -0.05) is 6.07 Å². The molecule has 1 aromatic carbocycles. The van der Waals surface area contributed by atoms with Gasteiger partial charge in [0.2, 0.25) is 0 Å². The number of benzene rings is 1. The minimum Gasteiger partial charge on any atom is -0.332 e. The molecule has 1 fully saturated rings. The zero-order chi connectivity index (χ0) is 21.5. The number of aromatic nitrogens is 1. The molecule has 1 aromatic heterocycles. The molecule has 2 amide bonds. The Labute approximate surface area is 177 Å². The molecule has 1 aliphatic rings. The second-order valence-electron chi connectivity index (χ2n) is 8.02. The minimum atomic E-state index is -0.337. The van der Waals surface area contributed by atoms with Crippen LogP contribution in [0.25, 0.3) is 0 Å². The highest BCUT2D eigenvalue weighted by Crippen LogP contribution is 2.18. The molecule has 0 saturated carbocycles. The predicted molar refractivity (Wildman–Crippen MR) is 114 cm³/mol. The van der Waals surface area contributed by atoms with E-state index in [1.807, 2.05) is 26.1 Å². The Morgan fingerprint density at radius 3 is 2.50 bits per heavy atom. The van der Waals surface area contributed by atoms with Crippen LogP contribution in [0.1, 0.15) is 34.5 Å². The van der Waals surface area contributed by atoms with E-state index in [-0.39, 0.29) is 17.6 Å². The second kappa shape index (κ2) is 10.3. The van der Waals surface area contributed by atoms with E-state index < -0.39 is 0 Å². The van der Waals surface area contributed by atoms with E-state index in [9.17, 15) is 14.0 Å². The van der Waals surface area contributed by atoms with Crippen LogP contribution in [0.2, 0.25) is 0 Å². The average molecular weight is 413 g/mol. The van der Waals surface area contributed by atoms with Crippen molar-refractivity contribution in [1.82, 2.24) is 20.1 Å². The highest BCUT2D eigenvalue weighted by molar-refractivity contribution is 5.97. The highest BCUT2D eigenvalue weighted by Gasteiger charge is 2.23. The Morgan fingerprint density at radius 2 is 1.87 bits per heavy atom. The number of likely N-dealkylation sites (tertiary alicyclic amines) is 1. The molecule has 6 nitrogen and oxygen atoms in total. The Kier molecular flexibility index (Phi) is 7.52. The summed E-state index contributed by atoms with van der Waals surface area (Å²) in [7, 11) is 1.81. The van der Waals surface area contributed by atoms with Crippen molar-refractivity contribution in [2.45, 2.75) is 26.3 Å². The predicted octanol–water partition coefficient (Wildman–Crippen LogP) is 3.27. The van der Waals surface area contributed by atoms with Gasteiger partial charge in [-0.3, -0.25) is 14.7 Å². The summed E-state index contributed by atoms with van der Waals surface area (Å²) in [5.41, 5.74) is 2.47. The number of carbonyl (C=O) groups is 2. The number of ketones is 1. The maximum absolute atomic E-state index is 13.0. The van der Waals surface area contributed by atoms with Crippen LogP contribution in [-0.2, 0) is 6.54 Å². The number of carbonyl (C=O) groups excluding carboxylic acids is 2. The molecule has 1 saturated heterocycles. The van der Waals surface area contributed by atoms with Crippen molar-refractivity contribution in [3.8, 4) is 0 Å². The number of urea groups is 1. The van der Waals surface area contributed by atoms with Crippen molar-refractivity contribution in [2.24, 2.45) is 5.92 Å². The molecule has 3 rings (SSSR count). The van der Waals surface area contributed by atoms with Crippen molar-refractivity contribution in [3.05, 3.63) is 65.2 Å². The number of pyridine rings is 1. The lowest BCUT2D eigenvalue weighted by atomic mass is 9.96. The van der Waals surface area contributed by atoms with Gasteiger partial charge in [0, 0.05) is 25.4 Å². The van der Waals surface area contributed by atoms with Gasteiger partial charge in [-0.2, -0.15) is 0 Å². The van der Waals surface area contributed by atoms with Crippen LogP contribution in [0, 0.1) is 18.7 Å². The Hall–Kier alpha value is -2.80. The van der Waals surface area contributed by atoms with Gasteiger partial charge in [0.15, 0.2) is 5.78 Å². The standard InChI is InChI=1S/C23H29FN4O2/c1-17-3-8-21(25-13-17)14-26-23(30)27(2)15-18-9-11-28(12-10-18)16-22(29)19-4-6-20(24)7-5-19/h3-8,13,18H,9-12,14-16H2,1-2H3,(H,26,30). The SMILES string of the molecule is Cc1ccc(CNC(=O)N(C)CC2CCN(CC(=O)c3ccc(F)cc3)CC2)nc1. The van der Waals surface area contributed by atoms with Crippen molar-refractivity contribution in [1.29, 1.82) is 0 Å². The van der Waals surface area contributed by atoms with Crippen LogP contribution in [0.5, 0.6) is 0 Å². The van der Waals surface area contributed by atoms with Gasteiger partial charge >= 0.3 is 6.03 Å². The lowest BCUT2D eigenvalue weighted by Gasteiger charge is -2.33. The number of Topliss-reactive ketones (excluding diaryl/α,β-unsaturated/α-hetero) is 1. The van der Waals surface area contributed by atoms with Gasteiger partial charge in [0.05, 0.1) is 18.8 Å². The monoisotopic (exact) mass is 412 g/mol. The summed E-state index contributed by atoms with van der Waals surface area (Å²) in [6, 6.07) is 9.48.